The van der Waals surface area contributed by atoms with Crippen LogP contribution < -0.4 is 3.58 Å². The SMILES string of the molecule is CCC[CH2][Sn]([CH2]CCC)([CH2]CCC)[c]1ccc2c(c1)CC(CC)(c1cn(C(C)=O)cn1)C2. The van der Waals surface area contributed by atoms with Crippen molar-refractivity contribution in [1.82, 2.24) is 9.55 Å². The van der Waals surface area contributed by atoms with Crippen molar-refractivity contribution in [3.8, 4) is 0 Å². The van der Waals surface area contributed by atoms with Crippen LogP contribution in [0.2, 0.25) is 13.3 Å². The Labute approximate surface area is 200 Å². The summed E-state index contributed by atoms with van der Waals surface area (Å²) >= 11 is -2.42. The molecule has 4 heteroatoms. The number of hydrogen-bond acceptors (Lipinski definition) is 2. The Hall–Kier alpha value is -1.10. The molecule has 2 aromatic rings. The van der Waals surface area contributed by atoms with Crippen molar-refractivity contribution < 1.29 is 4.79 Å². The van der Waals surface area contributed by atoms with E-state index in [2.05, 4.69) is 45.9 Å². The fraction of sp³-hybridized carbons (Fsp3) is 0.643. The molecule has 1 unspecified atom stereocenters. The Kier molecular flexibility index (Phi) is 9.05. The van der Waals surface area contributed by atoms with E-state index in [1.165, 1.54) is 57.4 Å². The maximum atomic E-state index is 11.8. The van der Waals surface area contributed by atoms with E-state index in [1.54, 1.807) is 27.0 Å². The number of nitrogens with zero attached hydrogens (tertiary/aromatic N) is 2. The molecule has 1 aliphatic rings. The van der Waals surface area contributed by atoms with Gasteiger partial charge in [0.2, 0.25) is 0 Å². The van der Waals surface area contributed by atoms with Crippen LogP contribution in [0.15, 0.2) is 30.7 Å². The predicted octanol–water partition coefficient (Wildman–Crippen LogP) is 7.05. The molecule has 0 aliphatic heterocycles. The minimum absolute atomic E-state index is 0.0365. The van der Waals surface area contributed by atoms with Crippen LogP contribution in [-0.2, 0) is 18.3 Å². The van der Waals surface area contributed by atoms with Crippen molar-refractivity contribution in [2.24, 2.45) is 0 Å². The second-order valence-electron chi connectivity index (χ2n) is 10.2. The first-order valence-corrected chi connectivity index (χ1v) is 20.6. The topological polar surface area (TPSA) is 34.9 Å². The zero-order valence-corrected chi connectivity index (χ0v) is 24.0. The Bertz CT molecular complexity index is 881. The minimum atomic E-state index is -2.42. The van der Waals surface area contributed by atoms with Gasteiger partial charge in [0.15, 0.2) is 0 Å². The predicted molar refractivity (Wildman–Crippen MR) is 139 cm³/mol. The van der Waals surface area contributed by atoms with Gasteiger partial charge in [-0.3, -0.25) is 0 Å². The summed E-state index contributed by atoms with van der Waals surface area (Å²) in [7, 11) is 0. The number of carbonyl (C=O) groups excluding carboxylic acids is 1. The number of unbranched alkanes of at least 4 members (excludes halogenated alkanes) is 3. The van der Waals surface area contributed by atoms with Crippen molar-refractivity contribution in [3.63, 3.8) is 0 Å². The van der Waals surface area contributed by atoms with Gasteiger partial charge < -0.3 is 0 Å². The fourth-order valence-electron chi connectivity index (χ4n) is 5.82. The van der Waals surface area contributed by atoms with Crippen molar-refractivity contribution in [3.05, 3.63) is 47.5 Å². The second-order valence-corrected chi connectivity index (χ2v) is 23.5. The van der Waals surface area contributed by atoms with Gasteiger partial charge in [-0.25, -0.2) is 0 Å². The van der Waals surface area contributed by atoms with Gasteiger partial charge in [0.05, 0.1) is 0 Å². The van der Waals surface area contributed by atoms with Crippen molar-refractivity contribution >= 4 is 27.9 Å². The molecule has 1 atom stereocenters. The van der Waals surface area contributed by atoms with E-state index in [-0.39, 0.29) is 11.3 Å². The van der Waals surface area contributed by atoms with Crippen molar-refractivity contribution in [1.29, 1.82) is 0 Å². The van der Waals surface area contributed by atoms with Crippen LogP contribution in [0.5, 0.6) is 0 Å². The van der Waals surface area contributed by atoms with Gasteiger partial charge in [0.1, 0.15) is 0 Å². The molecule has 1 aliphatic carbocycles. The fourth-order valence-corrected chi connectivity index (χ4v) is 21.9. The quantitative estimate of drug-likeness (QED) is 0.269. The number of hydrogen-bond donors (Lipinski definition) is 0. The molecule has 1 aromatic carbocycles. The molecule has 176 valence electrons. The first-order valence-electron chi connectivity index (χ1n) is 13.1. The number of carbonyl (C=O) groups is 1. The van der Waals surface area contributed by atoms with Gasteiger partial charge in [-0.1, -0.05) is 0 Å². The molecular weight excluding hydrogens is 499 g/mol. The Morgan fingerprint density at radius 3 is 2.06 bits per heavy atom. The average Bonchev–Trinajstić information content (AvgIpc) is 3.44. The zero-order valence-electron chi connectivity index (χ0n) is 21.2. The summed E-state index contributed by atoms with van der Waals surface area (Å²) in [5, 5.41) is 0. The van der Waals surface area contributed by atoms with Crippen LogP contribution in [0.4, 0.5) is 0 Å². The molecule has 3 nitrogen and oxygen atoms in total. The molecule has 0 fully saturated rings. The molecule has 0 amide bonds. The Morgan fingerprint density at radius 2 is 1.56 bits per heavy atom. The van der Waals surface area contributed by atoms with Crippen LogP contribution in [0.25, 0.3) is 0 Å². The van der Waals surface area contributed by atoms with E-state index in [4.69, 9.17) is 4.98 Å². The van der Waals surface area contributed by atoms with E-state index in [9.17, 15) is 4.79 Å². The van der Waals surface area contributed by atoms with Crippen LogP contribution >= 0.6 is 0 Å². The summed E-state index contributed by atoms with van der Waals surface area (Å²) in [4.78, 5) is 16.5. The third kappa shape index (κ3) is 5.34. The van der Waals surface area contributed by atoms with E-state index < -0.39 is 18.4 Å². The number of imidazole rings is 1. The average molecular weight is 543 g/mol. The number of fused-ring (bicyclic) bond motifs is 1. The molecule has 0 N–H and O–H groups in total. The van der Waals surface area contributed by atoms with Gasteiger partial charge in [-0.15, -0.1) is 0 Å². The van der Waals surface area contributed by atoms with Gasteiger partial charge in [-0.05, 0) is 0 Å². The zero-order chi connectivity index (χ0) is 23.2. The van der Waals surface area contributed by atoms with Gasteiger partial charge in [0.25, 0.3) is 0 Å². The molecule has 32 heavy (non-hydrogen) atoms. The normalized spacial score (nSPS) is 18.2. The van der Waals surface area contributed by atoms with Crippen LogP contribution in [0.3, 0.4) is 0 Å². The van der Waals surface area contributed by atoms with Gasteiger partial charge in [-0.2, -0.15) is 0 Å². The van der Waals surface area contributed by atoms with Crippen molar-refractivity contribution in [2.45, 2.75) is 111 Å². The summed E-state index contributed by atoms with van der Waals surface area (Å²) in [6.07, 6.45) is 15.0. The molecular formula is C28H44N2OSn. The standard InChI is InChI=1S/C16H17N2O.3C4H9.Sn/c1-3-16(15-10-18(11-17-15)12(2)19)8-13-6-4-5-7-14(13)9-16;3*1-3-4-2;/h4,6-7,10-11H,3,8-9H2,1-2H3;3*1,3-4H2,2H3;. The Morgan fingerprint density at radius 1 is 0.969 bits per heavy atom. The number of aromatic nitrogens is 2. The summed E-state index contributed by atoms with van der Waals surface area (Å²) in [5.41, 5.74) is 4.20. The molecule has 1 heterocycles. The third-order valence-electron chi connectivity index (χ3n) is 8.07. The number of rotatable bonds is 12. The van der Waals surface area contributed by atoms with Crippen molar-refractivity contribution in [2.75, 3.05) is 0 Å². The Balaban J connectivity index is 1.95. The maximum absolute atomic E-state index is 11.8. The molecule has 0 spiro atoms. The van der Waals surface area contributed by atoms with E-state index >= 15 is 0 Å². The first kappa shape index (κ1) is 25.5. The number of benzene rings is 1. The summed E-state index contributed by atoms with van der Waals surface area (Å²) in [6, 6.07) is 7.68. The molecule has 0 saturated heterocycles. The molecule has 0 radical (unpaired) electrons. The molecule has 3 rings (SSSR count). The second kappa shape index (κ2) is 11.4. The molecule has 0 saturated carbocycles. The molecule has 0 bridgehead atoms. The summed E-state index contributed by atoms with van der Waals surface area (Å²) in [6.45, 7) is 11.0. The van der Waals surface area contributed by atoms with Gasteiger partial charge >= 0.3 is 201 Å². The van der Waals surface area contributed by atoms with Crippen LogP contribution in [0.1, 0.15) is 101 Å². The van der Waals surface area contributed by atoms with Crippen LogP contribution in [-0.4, -0.2) is 33.8 Å². The van der Waals surface area contributed by atoms with Crippen LogP contribution in [0, 0.1) is 0 Å². The van der Waals surface area contributed by atoms with E-state index in [1.807, 2.05) is 6.20 Å². The monoisotopic (exact) mass is 544 g/mol. The first-order chi connectivity index (χ1) is 15.4. The summed E-state index contributed by atoms with van der Waals surface area (Å²) < 4.78 is 7.99. The third-order valence-corrected chi connectivity index (χ3v) is 23.7. The van der Waals surface area contributed by atoms with E-state index in [0.717, 1.165) is 25.0 Å². The van der Waals surface area contributed by atoms with E-state index in [0.29, 0.717) is 0 Å². The molecule has 1 aromatic heterocycles. The summed E-state index contributed by atoms with van der Waals surface area (Å²) in [5.74, 6) is 0.0365. The van der Waals surface area contributed by atoms with Gasteiger partial charge in [0, 0.05) is 0 Å².